The van der Waals surface area contributed by atoms with Gasteiger partial charge in [0.05, 0.1) is 29.7 Å². The quantitative estimate of drug-likeness (QED) is 0.483. The minimum absolute atomic E-state index is 0.0712. The predicted molar refractivity (Wildman–Crippen MR) is 107 cm³/mol. The molecule has 0 amide bonds. The number of pyridine rings is 2. The van der Waals surface area contributed by atoms with E-state index in [0.29, 0.717) is 16.7 Å². The van der Waals surface area contributed by atoms with Crippen LogP contribution in [0, 0.1) is 0 Å². The number of sulfone groups is 1. The zero-order valence-electron chi connectivity index (χ0n) is 16.2. The highest BCUT2D eigenvalue weighted by molar-refractivity contribution is 7.90. The lowest BCUT2D eigenvalue weighted by Crippen LogP contribution is -2.23. The predicted octanol–water partition coefficient (Wildman–Crippen LogP) is 3.29. The molecule has 0 aliphatic carbocycles. The van der Waals surface area contributed by atoms with Crippen molar-refractivity contribution in [3.05, 3.63) is 54.9 Å². The van der Waals surface area contributed by atoms with Gasteiger partial charge in [-0.05, 0) is 30.2 Å². The number of H-pyrrole nitrogens is 1. The summed E-state index contributed by atoms with van der Waals surface area (Å²) in [5, 5.41) is 4.22. The number of halogens is 3. The summed E-state index contributed by atoms with van der Waals surface area (Å²) in [6, 6.07) is 4.29. The summed E-state index contributed by atoms with van der Waals surface area (Å²) in [4.78, 5) is 15.4. The average molecular weight is 450 g/mol. The highest BCUT2D eigenvalue weighted by Gasteiger charge is 2.41. The molecule has 0 bridgehead atoms. The highest BCUT2D eigenvalue weighted by Crippen LogP contribution is 2.38. The van der Waals surface area contributed by atoms with Crippen LogP contribution in [-0.4, -0.2) is 56.3 Å². The van der Waals surface area contributed by atoms with Gasteiger partial charge in [0.25, 0.3) is 0 Å². The van der Waals surface area contributed by atoms with E-state index in [0.717, 1.165) is 11.8 Å². The molecule has 4 aromatic rings. The second kappa shape index (κ2) is 7.76. The molecule has 0 aromatic carbocycles. The molecule has 4 heterocycles. The molecule has 4 aromatic heterocycles. The van der Waals surface area contributed by atoms with Gasteiger partial charge in [-0.15, -0.1) is 0 Å². The molecular weight excluding hydrogens is 433 g/mol. The number of hydrogen-bond acceptors (Lipinski definition) is 6. The zero-order chi connectivity index (χ0) is 22.2. The third-order valence-electron chi connectivity index (χ3n) is 4.80. The van der Waals surface area contributed by atoms with Gasteiger partial charge in [0.15, 0.2) is 11.5 Å². The van der Waals surface area contributed by atoms with E-state index >= 15 is 0 Å². The Morgan fingerprint density at radius 3 is 2.68 bits per heavy atom. The number of imidazole rings is 1. The standard InChI is InChI=1S/C19H17F3N6O2S/c1-31(29,30)7-4-15(19(20,21)22)12-2-5-23-16(8-12)28-10-13(9-27-28)14-3-6-24-18-17(14)25-11-26-18/h2-3,5-6,8-11,15H,4,7H2,1H3,(H,24,25,26). The molecule has 1 N–H and O–H groups in total. The Morgan fingerprint density at radius 1 is 1.16 bits per heavy atom. The lowest BCUT2D eigenvalue weighted by Gasteiger charge is -2.20. The first-order valence-electron chi connectivity index (χ1n) is 9.16. The average Bonchev–Trinajstić information content (AvgIpc) is 3.36. The van der Waals surface area contributed by atoms with Crippen molar-refractivity contribution in [2.45, 2.75) is 18.5 Å². The second-order valence-electron chi connectivity index (χ2n) is 7.09. The van der Waals surface area contributed by atoms with E-state index in [1.54, 1.807) is 24.7 Å². The molecule has 0 saturated carbocycles. The summed E-state index contributed by atoms with van der Waals surface area (Å²) >= 11 is 0. The van der Waals surface area contributed by atoms with Crippen LogP contribution in [0.25, 0.3) is 28.1 Å². The first kappa shape index (κ1) is 21.0. The maximum absolute atomic E-state index is 13.6. The first-order valence-corrected chi connectivity index (χ1v) is 11.2. The number of aromatic amines is 1. The van der Waals surface area contributed by atoms with Crippen molar-refractivity contribution in [2.75, 3.05) is 12.0 Å². The number of alkyl halides is 3. The summed E-state index contributed by atoms with van der Waals surface area (Å²) in [5.41, 5.74) is 2.66. The number of nitrogens with one attached hydrogen (secondary N) is 1. The van der Waals surface area contributed by atoms with E-state index in [1.807, 2.05) is 0 Å². The summed E-state index contributed by atoms with van der Waals surface area (Å²) < 4.78 is 65.0. The molecule has 31 heavy (non-hydrogen) atoms. The van der Waals surface area contributed by atoms with Crippen molar-refractivity contribution in [3.63, 3.8) is 0 Å². The largest absolute Gasteiger partial charge is 0.395 e. The van der Waals surface area contributed by atoms with Crippen LogP contribution in [0.3, 0.4) is 0 Å². The first-order chi connectivity index (χ1) is 14.6. The van der Waals surface area contributed by atoms with Crippen molar-refractivity contribution < 1.29 is 21.6 Å². The Balaban J connectivity index is 1.68. The Hall–Kier alpha value is -3.28. The fourth-order valence-corrected chi connectivity index (χ4v) is 3.97. The molecule has 0 aliphatic rings. The molecule has 0 aliphatic heterocycles. The smallest absolute Gasteiger partial charge is 0.343 e. The lowest BCUT2D eigenvalue weighted by molar-refractivity contribution is -0.150. The van der Waals surface area contributed by atoms with E-state index in [4.69, 9.17) is 0 Å². The zero-order valence-corrected chi connectivity index (χ0v) is 17.0. The molecule has 8 nitrogen and oxygen atoms in total. The fraction of sp³-hybridized carbons (Fsp3) is 0.263. The number of rotatable bonds is 6. The highest BCUT2D eigenvalue weighted by atomic mass is 32.2. The molecule has 0 spiro atoms. The summed E-state index contributed by atoms with van der Waals surface area (Å²) in [6.07, 6.45) is 3.33. The fourth-order valence-electron chi connectivity index (χ4n) is 3.30. The van der Waals surface area contributed by atoms with Gasteiger partial charge in [0.1, 0.15) is 9.84 Å². The molecule has 12 heteroatoms. The van der Waals surface area contributed by atoms with Crippen LogP contribution in [0.2, 0.25) is 0 Å². The van der Waals surface area contributed by atoms with Gasteiger partial charge < -0.3 is 4.98 Å². The van der Waals surface area contributed by atoms with Gasteiger partial charge in [0, 0.05) is 36.0 Å². The maximum Gasteiger partial charge on any atom is 0.395 e. The molecule has 162 valence electrons. The minimum atomic E-state index is -4.60. The lowest BCUT2D eigenvalue weighted by atomic mass is 9.97. The van der Waals surface area contributed by atoms with Crippen molar-refractivity contribution in [2.24, 2.45) is 0 Å². The number of nitrogens with zero attached hydrogens (tertiary/aromatic N) is 5. The van der Waals surface area contributed by atoms with E-state index in [2.05, 4.69) is 25.0 Å². The van der Waals surface area contributed by atoms with Crippen LogP contribution in [-0.2, 0) is 9.84 Å². The maximum atomic E-state index is 13.6. The van der Waals surface area contributed by atoms with E-state index in [9.17, 15) is 21.6 Å². The van der Waals surface area contributed by atoms with E-state index < -0.39 is 34.1 Å². The molecule has 0 saturated heterocycles. The normalized spacial score (nSPS) is 13.5. The van der Waals surface area contributed by atoms with Crippen LogP contribution in [0.4, 0.5) is 13.2 Å². The van der Waals surface area contributed by atoms with Gasteiger partial charge in [-0.25, -0.2) is 28.1 Å². The van der Waals surface area contributed by atoms with Crippen LogP contribution in [0.1, 0.15) is 17.9 Å². The van der Waals surface area contributed by atoms with Crippen LogP contribution < -0.4 is 0 Å². The van der Waals surface area contributed by atoms with Crippen molar-refractivity contribution in [1.29, 1.82) is 0 Å². The van der Waals surface area contributed by atoms with Crippen molar-refractivity contribution in [3.8, 4) is 16.9 Å². The molecule has 1 unspecified atom stereocenters. The van der Waals surface area contributed by atoms with E-state index in [1.165, 1.54) is 29.3 Å². The number of hydrogen-bond donors (Lipinski definition) is 1. The molecular formula is C19H17F3N6O2S. The summed E-state index contributed by atoms with van der Waals surface area (Å²) in [6.45, 7) is 0. The Morgan fingerprint density at radius 2 is 1.94 bits per heavy atom. The van der Waals surface area contributed by atoms with Crippen LogP contribution in [0.5, 0.6) is 0 Å². The van der Waals surface area contributed by atoms with Crippen LogP contribution >= 0.6 is 0 Å². The molecule has 0 fully saturated rings. The Labute approximate surface area is 175 Å². The third-order valence-corrected chi connectivity index (χ3v) is 5.78. The van der Waals surface area contributed by atoms with Crippen molar-refractivity contribution >= 4 is 21.0 Å². The van der Waals surface area contributed by atoms with Gasteiger partial charge in [0.2, 0.25) is 0 Å². The second-order valence-corrected chi connectivity index (χ2v) is 9.35. The topological polar surface area (TPSA) is 106 Å². The third kappa shape index (κ3) is 4.58. The van der Waals surface area contributed by atoms with E-state index in [-0.39, 0.29) is 11.4 Å². The van der Waals surface area contributed by atoms with Gasteiger partial charge in [-0.3, -0.25) is 0 Å². The SMILES string of the molecule is CS(=O)(=O)CCC(c1ccnc(-n2cc(-c3ccnc4nc[nH]c34)cn2)c1)C(F)(F)F. The Kier molecular flexibility index (Phi) is 5.25. The number of aromatic nitrogens is 6. The van der Waals surface area contributed by atoms with Gasteiger partial charge >= 0.3 is 6.18 Å². The minimum Gasteiger partial charge on any atom is -0.343 e. The summed E-state index contributed by atoms with van der Waals surface area (Å²) in [7, 11) is -3.54. The number of fused-ring (bicyclic) bond motifs is 1. The van der Waals surface area contributed by atoms with Crippen molar-refractivity contribution in [1.82, 2.24) is 29.7 Å². The monoisotopic (exact) mass is 450 g/mol. The molecule has 1 atom stereocenters. The van der Waals surface area contributed by atoms with Gasteiger partial charge in [-0.2, -0.15) is 18.3 Å². The molecule has 0 radical (unpaired) electrons. The van der Waals surface area contributed by atoms with Gasteiger partial charge in [-0.1, -0.05) is 0 Å². The molecule has 4 rings (SSSR count). The van der Waals surface area contributed by atoms with Crippen LogP contribution in [0.15, 0.2) is 49.3 Å². The summed E-state index contributed by atoms with van der Waals surface area (Å²) in [5.74, 6) is -2.31. The Bertz CT molecular complexity index is 1330.